The van der Waals surface area contributed by atoms with Crippen molar-refractivity contribution in [1.82, 2.24) is 10.3 Å². The third-order valence-electron chi connectivity index (χ3n) is 6.38. The minimum atomic E-state index is 0. The van der Waals surface area contributed by atoms with E-state index in [2.05, 4.69) is 15.6 Å². The Morgan fingerprint density at radius 3 is 2.52 bits per heavy atom. The molecule has 3 fully saturated rings. The molecule has 2 unspecified atom stereocenters. The Bertz CT molecular complexity index is 594. The first kappa shape index (κ1) is 22.7. The Balaban J connectivity index is 0.00000131. The van der Waals surface area contributed by atoms with Crippen molar-refractivity contribution in [2.75, 3.05) is 24.5 Å². The van der Waals surface area contributed by atoms with Crippen LogP contribution >= 0.6 is 36.2 Å². The highest BCUT2D eigenvalue weighted by Crippen LogP contribution is 2.41. The number of amides is 1. The Labute approximate surface area is 178 Å². The fourth-order valence-corrected chi connectivity index (χ4v) is 5.84. The van der Waals surface area contributed by atoms with Gasteiger partial charge in [-0.05, 0) is 50.4 Å². The number of carbonyl (C=O) groups is 1. The van der Waals surface area contributed by atoms with E-state index in [0.717, 1.165) is 43.2 Å². The molecule has 1 amide bonds. The molecule has 1 aromatic rings. The minimum absolute atomic E-state index is 0. The molecule has 3 N–H and O–H groups in total. The molecule has 5 nitrogen and oxygen atoms in total. The monoisotopic (exact) mass is 434 g/mol. The second kappa shape index (κ2) is 10.3. The van der Waals surface area contributed by atoms with Crippen LogP contribution in [-0.2, 0) is 11.2 Å². The smallest absolute Gasteiger partial charge is 0.223 e. The average Bonchev–Trinajstić information content (AvgIpc) is 3.25. The van der Waals surface area contributed by atoms with E-state index in [0.29, 0.717) is 24.4 Å². The topological polar surface area (TPSA) is 71.2 Å². The fraction of sp³-hybridized carbons (Fsp3) is 0.789. The lowest BCUT2D eigenvalue weighted by Gasteiger charge is -2.43. The number of nitrogens with one attached hydrogen (secondary N) is 1. The summed E-state index contributed by atoms with van der Waals surface area (Å²) in [4.78, 5) is 19.7. The number of aromatic nitrogens is 1. The molecule has 4 rings (SSSR count). The van der Waals surface area contributed by atoms with Crippen molar-refractivity contribution >= 4 is 47.2 Å². The number of anilines is 1. The SMILES string of the molecule is Cl.Cl.NC1C2CCCC1CC(C(=O)NCCc1csc(N3CCCC3)n1)C2. The zero-order chi connectivity index (χ0) is 17.2. The molecule has 2 aliphatic carbocycles. The van der Waals surface area contributed by atoms with Gasteiger partial charge < -0.3 is 16.0 Å². The maximum Gasteiger partial charge on any atom is 0.223 e. The Hall–Kier alpha value is -0.560. The van der Waals surface area contributed by atoms with Gasteiger partial charge in [-0.1, -0.05) is 6.42 Å². The van der Waals surface area contributed by atoms with Gasteiger partial charge in [0.05, 0.1) is 5.69 Å². The van der Waals surface area contributed by atoms with Crippen molar-refractivity contribution in [2.45, 2.75) is 57.4 Å². The first-order valence-corrected chi connectivity index (χ1v) is 10.8. The summed E-state index contributed by atoms with van der Waals surface area (Å²) in [7, 11) is 0. The van der Waals surface area contributed by atoms with Gasteiger partial charge in [-0.3, -0.25) is 4.79 Å². The number of nitrogens with zero attached hydrogens (tertiary/aromatic N) is 2. The Kier molecular flexibility index (Phi) is 8.66. The van der Waals surface area contributed by atoms with Crippen molar-refractivity contribution in [3.8, 4) is 0 Å². The molecule has 1 saturated heterocycles. The second-order valence-corrected chi connectivity index (χ2v) is 8.89. The van der Waals surface area contributed by atoms with Crippen LogP contribution in [0, 0.1) is 17.8 Å². The van der Waals surface area contributed by atoms with Crippen molar-refractivity contribution in [1.29, 1.82) is 0 Å². The van der Waals surface area contributed by atoms with Crippen molar-refractivity contribution < 1.29 is 4.79 Å². The summed E-state index contributed by atoms with van der Waals surface area (Å²) in [6.45, 7) is 2.96. The third-order valence-corrected chi connectivity index (χ3v) is 7.33. The molecule has 1 aliphatic heterocycles. The van der Waals surface area contributed by atoms with Crippen LogP contribution in [0.4, 0.5) is 5.13 Å². The molecule has 8 heteroatoms. The van der Waals surface area contributed by atoms with Gasteiger partial charge in [-0.15, -0.1) is 36.2 Å². The lowest BCUT2D eigenvalue weighted by molar-refractivity contribution is -0.127. The van der Waals surface area contributed by atoms with Gasteiger partial charge in [0.1, 0.15) is 0 Å². The predicted molar refractivity (Wildman–Crippen MR) is 116 cm³/mol. The predicted octanol–water partition coefficient (Wildman–Crippen LogP) is 3.40. The molecule has 0 aromatic carbocycles. The van der Waals surface area contributed by atoms with E-state index in [4.69, 9.17) is 10.7 Å². The van der Waals surface area contributed by atoms with Gasteiger partial charge >= 0.3 is 0 Å². The first-order chi connectivity index (χ1) is 12.2. The fourth-order valence-electron chi connectivity index (χ4n) is 4.93. The van der Waals surface area contributed by atoms with Crippen LogP contribution in [-0.4, -0.2) is 36.6 Å². The van der Waals surface area contributed by atoms with Crippen LogP contribution in [0.15, 0.2) is 5.38 Å². The van der Waals surface area contributed by atoms with E-state index >= 15 is 0 Å². The van der Waals surface area contributed by atoms with Crippen LogP contribution in [0.3, 0.4) is 0 Å². The van der Waals surface area contributed by atoms with Gasteiger partial charge in [-0.2, -0.15) is 0 Å². The molecule has 2 heterocycles. The summed E-state index contributed by atoms with van der Waals surface area (Å²) >= 11 is 1.73. The van der Waals surface area contributed by atoms with Gasteiger partial charge in [-0.25, -0.2) is 4.98 Å². The van der Waals surface area contributed by atoms with E-state index < -0.39 is 0 Å². The van der Waals surface area contributed by atoms with Crippen LogP contribution in [0.2, 0.25) is 0 Å². The van der Waals surface area contributed by atoms with Crippen molar-refractivity contribution in [3.05, 3.63) is 11.1 Å². The lowest BCUT2D eigenvalue weighted by Crippen LogP contribution is -2.49. The number of thiazole rings is 1. The number of carbonyl (C=O) groups excluding carboxylic acids is 1. The number of rotatable bonds is 5. The Morgan fingerprint density at radius 2 is 1.85 bits per heavy atom. The maximum absolute atomic E-state index is 12.6. The van der Waals surface area contributed by atoms with Gasteiger partial charge in [0.25, 0.3) is 0 Å². The molecule has 2 bridgehead atoms. The van der Waals surface area contributed by atoms with Gasteiger partial charge in [0, 0.05) is 43.4 Å². The van der Waals surface area contributed by atoms with E-state index in [1.807, 2.05) is 0 Å². The number of hydrogen-bond acceptors (Lipinski definition) is 5. The third kappa shape index (κ3) is 5.28. The van der Waals surface area contributed by atoms with Crippen molar-refractivity contribution in [3.63, 3.8) is 0 Å². The maximum atomic E-state index is 12.6. The van der Waals surface area contributed by atoms with Gasteiger partial charge in [0.2, 0.25) is 5.91 Å². The molecule has 2 atom stereocenters. The lowest BCUT2D eigenvalue weighted by atomic mass is 9.65. The molecule has 0 radical (unpaired) electrons. The molecular formula is C19H32Cl2N4OS. The van der Waals surface area contributed by atoms with E-state index in [9.17, 15) is 4.79 Å². The molecular weight excluding hydrogens is 403 g/mol. The zero-order valence-corrected chi connectivity index (χ0v) is 18.2. The standard InChI is InChI=1S/C19H30N4OS.2ClH/c20-17-13-4-3-5-14(17)11-15(10-13)18(24)21-7-6-16-12-25-19(22-16)23-8-1-2-9-23;;/h12-15,17H,1-11,20H2,(H,21,24);2*1H. The Morgan fingerprint density at radius 1 is 1.19 bits per heavy atom. The number of hydrogen-bond donors (Lipinski definition) is 2. The first-order valence-electron chi connectivity index (χ1n) is 9.93. The van der Waals surface area contributed by atoms with Crippen LogP contribution in [0.5, 0.6) is 0 Å². The highest BCUT2D eigenvalue weighted by Gasteiger charge is 2.40. The molecule has 1 aromatic heterocycles. The molecule has 27 heavy (non-hydrogen) atoms. The molecule has 2 saturated carbocycles. The highest BCUT2D eigenvalue weighted by molar-refractivity contribution is 7.13. The summed E-state index contributed by atoms with van der Waals surface area (Å²) in [6, 6.07) is 0.330. The molecule has 3 aliphatic rings. The summed E-state index contributed by atoms with van der Waals surface area (Å²) in [5, 5.41) is 6.44. The zero-order valence-electron chi connectivity index (χ0n) is 15.8. The minimum Gasteiger partial charge on any atom is -0.355 e. The summed E-state index contributed by atoms with van der Waals surface area (Å²) in [5.74, 6) is 1.53. The average molecular weight is 435 g/mol. The van der Waals surface area contributed by atoms with Crippen LogP contribution in [0.25, 0.3) is 0 Å². The molecule has 0 spiro atoms. The summed E-state index contributed by atoms with van der Waals surface area (Å²) in [5.41, 5.74) is 7.44. The largest absolute Gasteiger partial charge is 0.355 e. The highest BCUT2D eigenvalue weighted by atomic mass is 35.5. The van der Waals surface area contributed by atoms with E-state index in [1.165, 1.54) is 32.1 Å². The number of fused-ring (bicyclic) bond motifs is 2. The summed E-state index contributed by atoms with van der Waals surface area (Å²) < 4.78 is 0. The number of nitrogens with two attached hydrogens (primary N) is 1. The molecule has 154 valence electrons. The van der Waals surface area contributed by atoms with Crippen LogP contribution in [0.1, 0.15) is 50.6 Å². The van der Waals surface area contributed by atoms with Gasteiger partial charge in [0.15, 0.2) is 5.13 Å². The quantitative estimate of drug-likeness (QED) is 0.744. The normalized spacial score (nSPS) is 29.6. The summed E-state index contributed by atoms with van der Waals surface area (Å²) in [6.07, 6.45) is 9.06. The van der Waals surface area contributed by atoms with E-state index in [-0.39, 0.29) is 36.6 Å². The second-order valence-electron chi connectivity index (χ2n) is 8.05. The number of halogens is 2. The van der Waals surface area contributed by atoms with E-state index in [1.54, 1.807) is 11.3 Å². The van der Waals surface area contributed by atoms with Crippen molar-refractivity contribution in [2.24, 2.45) is 23.5 Å². The van der Waals surface area contributed by atoms with Crippen LogP contribution < -0.4 is 16.0 Å².